The van der Waals surface area contributed by atoms with Crippen molar-refractivity contribution in [1.82, 2.24) is 10.2 Å². The summed E-state index contributed by atoms with van der Waals surface area (Å²) in [6.07, 6.45) is 1.74. The van der Waals surface area contributed by atoms with E-state index in [4.69, 9.17) is 4.84 Å². The summed E-state index contributed by atoms with van der Waals surface area (Å²) in [5.74, 6) is 0.250. The highest BCUT2D eigenvalue weighted by Gasteiger charge is 2.24. The first kappa shape index (κ1) is 14.6. The van der Waals surface area contributed by atoms with Crippen molar-refractivity contribution in [2.75, 3.05) is 7.11 Å². The van der Waals surface area contributed by atoms with Gasteiger partial charge >= 0.3 is 0 Å². The van der Waals surface area contributed by atoms with Gasteiger partial charge in [-0.05, 0) is 55.5 Å². The third kappa shape index (κ3) is 2.71. The molecule has 3 rings (SSSR count). The van der Waals surface area contributed by atoms with Gasteiger partial charge in [0.15, 0.2) is 0 Å². The van der Waals surface area contributed by atoms with Crippen LogP contribution in [0.3, 0.4) is 0 Å². The van der Waals surface area contributed by atoms with E-state index in [-0.39, 0.29) is 5.82 Å². The van der Waals surface area contributed by atoms with Crippen LogP contribution in [0.5, 0.6) is 0 Å². The van der Waals surface area contributed by atoms with Crippen molar-refractivity contribution >= 4 is 5.71 Å². The normalized spacial score (nSPS) is 19.1. The highest BCUT2D eigenvalue weighted by Crippen LogP contribution is 2.28. The van der Waals surface area contributed by atoms with Gasteiger partial charge in [-0.15, -0.1) is 0 Å². The van der Waals surface area contributed by atoms with Crippen molar-refractivity contribution in [3.8, 4) is 11.3 Å². The van der Waals surface area contributed by atoms with E-state index in [1.54, 1.807) is 26.2 Å². The fourth-order valence-electron chi connectivity index (χ4n) is 2.80. The third-order valence-corrected chi connectivity index (χ3v) is 3.92. The number of aryl methyl sites for hydroxylation is 1. The minimum atomic E-state index is -0.217. The molecule has 0 spiro atoms. The molecule has 4 nitrogen and oxygen atoms in total. The number of aromatic nitrogens is 2. The molecule has 1 atom stereocenters. The number of nitrogens with zero attached hydrogens (tertiary/aromatic N) is 3. The second-order valence-corrected chi connectivity index (χ2v) is 5.79. The number of rotatable bonds is 2. The van der Waals surface area contributed by atoms with Crippen LogP contribution in [0.15, 0.2) is 29.4 Å². The van der Waals surface area contributed by atoms with Crippen LogP contribution in [-0.4, -0.2) is 23.0 Å². The molecule has 1 aromatic carbocycles. The average Bonchev–Trinajstić information content (AvgIpc) is 2.50. The lowest BCUT2D eigenvalue weighted by Gasteiger charge is -2.21. The van der Waals surface area contributed by atoms with Gasteiger partial charge in [0.05, 0.1) is 17.1 Å². The van der Waals surface area contributed by atoms with Crippen LogP contribution < -0.4 is 0 Å². The average molecular weight is 299 g/mol. The SMILES string of the molecule is CON=C1CC(C)Cc2nnc(-c3ccc(F)c(C)c3)cc21. The first-order chi connectivity index (χ1) is 10.6. The Morgan fingerprint density at radius 1 is 1.23 bits per heavy atom. The number of oxime groups is 1. The zero-order valence-electron chi connectivity index (χ0n) is 12.9. The lowest BCUT2D eigenvalue weighted by atomic mass is 9.86. The summed E-state index contributed by atoms with van der Waals surface area (Å²) in [6.45, 7) is 3.90. The molecule has 1 aliphatic rings. The Balaban J connectivity index is 2.07. The summed E-state index contributed by atoms with van der Waals surface area (Å²) in [5, 5.41) is 12.8. The van der Waals surface area contributed by atoms with E-state index in [2.05, 4.69) is 22.3 Å². The number of fused-ring (bicyclic) bond motifs is 1. The summed E-state index contributed by atoms with van der Waals surface area (Å²) >= 11 is 0. The lowest BCUT2D eigenvalue weighted by Crippen LogP contribution is -2.21. The fourth-order valence-corrected chi connectivity index (χ4v) is 2.80. The Morgan fingerprint density at radius 2 is 2.05 bits per heavy atom. The highest BCUT2D eigenvalue weighted by molar-refractivity contribution is 6.02. The van der Waals surface area contributed by atoms with E-state index >= 15 is 0 Å². The van der Waals surface area contributed by atoms with E-state index in [0.717, 1.165) is 41.1 Å². The molecule has 0 amide bonds. The second kappa shape index (κ2) is 5.83. The molecule has 1 aliphatic carbocycles. The smallest absolute Gasteiger partial charge is 0.126 e. The lowest BCUT2D eigenvalue weighted by molar-refractivity contribution is 0.212. The molecule has 1 aromatic heterocycles. The van der Waals surface area contributed by atoms with Gasteiger partial charge in [0.25, 0.3) is 0 Å². The topological polar surface area (TPSA) is 47.4 Å². The summed E-state index contributed by atoms with van der Waals surface area (Å²) < 4.78 is 13.4. The second-order valence-electron chi connectivity index (χ2n) is 5.79. The van der Waals surface area contributed by atoms with Crippen LogP contribution in [0, 0.1) is 18.7 Å². The Bertz CT molecular complexity index is 743. The largest absolute Gasteiger partial charge is 0.399 e. The molecule has 5 heteroatoms. The molecule has 0 fully saturated rings. The number of benzene rings is 1. The van der Waals surface area contributed by atoms with Crippen molar-refractivity contribution in [2.24, 2.45) is 11.1 Å². The molecule has 0 radical (unpaired) electrons. The van der Waals surface area contributed by atoms with Crippen LogP contribution in [0.2, 0.25) is 0 Å². The standard InChI is InChI=1S/C17H18FN3O/c1-10-6-16-13(17(7-10)21-22-3)9-15(19-20-16)12-4-5-14(18)11(2)8-12/h4-5,8-10H,6-7H2,1-3H3. The Morgan fingerprint density at radius 3 is 2.77 bits per heavy atom. The first-order valence-electron chi connectivity index (χ1n) is 7.32. The molecule has 0 saturated carbocycles. The molecule has 22 heavy (non-hydrogen) atoms. The zero-order valence-corrected chi connectivity index (χ0v) is 12.9. The van der Waals surface area contributed by atoms with Crippen molar-refractivity contribution in [1.29, 1.82) is 0 Å². The maximum Gasteiger partial charge on any atom is 0.126 e. The molecule has 114 valence electrons. The highest BCUT2D eigenvalue weighted by atomic mass is 19.1. The van der Waals surface area contributed by atoms with E-state index in [0.29, 0.717) is 11.5 Å². The Labute approximate surface area is 129 Å². The van der Waals surface area contributed by atoms with E-state index in [1.807, 2.05) is 6.07 Å². The van der Waals surface area contributed by atoms with Crippen molar-refractivity contribution in [3.05, 3.63) is 46.9 Å². The molecule has 1 unspecified atom stereocenters. The minimum absolute atomic E-state index is 0.217. The van der Waals surface area contributed by atoms with Crippen LogP contribution in [0.4, 0.5) is 4.39 Å². The first-order valence-corrected chi connectivity index (χ1v) is 7.32. The van der Waals surface area contributed by atoms with Crippen molar-refractivity contribution < 1.29 is 9.23 Å². The van der Waals surface area contributed by atoms with Gasteiger partial charge in [-0.1, -0.05) is 12.1 Å². The molecule has 0 bridgehead atoms. The van der Waals surface area contributed by atoms with Crippen molar-refractivity contribution in [2.45, 2.75) is 26.7 Å². The molecule has 0 aliphatic heterocycles. The summed E-state index contributed by atoms with van der Waals surface area (Å²) in [6, 6.07) is 6.93. The van der Waals surface area contributed by atoms with E-state index in [9.17, 15) is 4.39 Å². The van der Waals surface area contributed by atoms with Crippen LogP contribution in [-0.2, 0) is 11.3 Å². The number of halogens is 1. The molecule has 1 heterocycles. The summed E-state index contributed by atoms with van der Waals surface area (Å²) in [5.41, 5.74) is 4.98. The predicted molar refractivity (Wildman–Crippen MR) is 83.2 cm³/mol. The summed E-state index contributed by atoms with van der Waals surface area (Å²) in [4.78, 5) is 4.96. The van der Waals surface area contributed by atoms with Gasteiger partial charge in [-0.3, -0.25) is 0 Å². The molecular weight excluding hydrogens is 281 g/mol. The predicted octanol–water partition coefficient (Wildman–Crippen LogP) is 3.52. The Hall–Kier alpha value is -2.30. The van der Waals surface area contributed by atoms with E-state index < -0.39 is 0 Å². The molecule has 0 N–H and O–H groups in total. The van der Waals surface area contributed by atoms with Crippen LogP contribution >= 0.6 is 0 Å². The number of hydrogen-bond acceptors (Lipinski definition) is 4. The maximum atomic E-state index is 13.4. The van der Waals surface area contributed by atoms with Crippen LogP contribution in [0.1, 0.15) is 30.2 Å². The molecule has 2 aromatic rings. The summed E-state index contributed by atoms with van der Waals surface area (Å²) in [7, 11) is 1.55. The maximum absolute atomic E-state index is 13.4. The zero-order chi connectivity index (χ0) is 15.7. The van der Waals surface area contributed by atoms with E-state index in [1.165, 1.54) is 6.07 Å². The van der Waals surface area contributed by atoms with Crippen LogP contribution in [0.25, 0.3) is 11.3 Å². The van der Waals surface area contributed by atoms with Gasteiger partial charge in [0.2, 0.25) is 0 Å². The van der Waals surface area contributed by atoms with Crippen molar-refractivity contribution in [3.63, 3.8) is 0 Å². The van der Waals surface area contributed by atoms with Gasteiger partial charge < -0.3 is 4.84 Å². The minimum Gasteiger partial charge on any atom is -0.399 e. The fraction of sp³-hybridized carbons (Fsp3) is 0.353. The van der Waals surface area contributed by atoms with Gasteiger partial charge in [-0.25, -0.2) is 4.39 Å². The Kier molecular flexibility index (Phi) is 3.88. The quantitative estimate of drug-likeness (QED) is 0.797. The number of hydrogen-bond donors (Lipinski definition) is 0. The van der Waals surface area contributed by atoms with Gasteiger partial charge in [0, 0.05) is 11.1 Å². The molecule has 0 saturated heterocycles. The van der Waals surface area contributed by atoms with Gasteiger partial charge in [0.1, 0.15) is 12.9 Å². The third-order valence-electron chi connectivity index (χ3n) is 3.92. The van der Waals surface area contributed by atoms with Gasteiger partial charge in [-0.2, -0.15) is 10.2 Å². The monoisotopic (exact) mass is 299 g/mol. The molecular formula is C17H18FN3O.